The number of ether oxygens (including phenoxy) is 2. The standard InChI is InChI=1S/C14H21NO2/c1-14(2)10-13(14)15-8-9-17-12-6-4-11(16-3)5-7-12/h4-7,13,15H,8-10H2,1-3H3. The number of hydrogen-bond donors (Lipinski definition) is 1. The van der Waals surface area contributed by atoms with E-state index < -0.39 is 0 Å². The minimum Gasteiger partial charge on any atom is -0.497 e. The number of methoxy groups -OCH3 is 1. The number of nitrogens with one attached hydrogen (secondary N) is 1. The zero-order valence-electron chi connectivity index (χ0n) is 10.8. The van der Waals surface area contributed by atoms with Gasteiger partial charge in [-0.05, 0) is 36.1 Å². The van der Waals surface area contributed by atoms with Crippen molar-refractivity contribution >= 4 is 0 Å². The monoisotopic (exact) mass is 235 g/mol. The first-order valence-corrected chi connectivity index (χ1v) is 6.12. The maximum absolute atomic E-state index is 5.63. The average Bonchev–Trinajstić information content (AvgIpc) is 2.93. The summed E-state index contributed by atoms with van der Waals surface area (Å²) in [5.74, 6) is 1.75. The van der Waals surface area contributed by atoms with Crippen LogP contribution >= 0.6 is 0 Å². The van der Waals surface area contributed by atoms with Crippen LogP contribution in [0.1, 0.15) is 20.3 Å². The quantitative estimate of drug-likeness (QED) is 0.768. The third-order valence-electron chi connectivity index (χ3n) is 3.33. The van der Waals surface area contributed by atoms with Crippen LogP contribution in [0.15, 0.2) is 24.3 Å². The van der Waals surface area contributed by atoms with Crippen molar-refractivity contribution in [3.63, 3.8) is 0 Å². The van der Waals surface area contributed by atoms with Gasteiger partial charge in [-0.1, -0.05) is 13.8 Å². The van der Waals surface area contributed by atoms with Crippen LogP contribution in [0.4, 0.5) is 0 Å². The highest BCUT2D eigenvalue weighted by atomic mass is 16.5. The Bertz CT molecular complexity index is 359. The molecule has 1 aliphatic rings. The highest BCUT2D eigenvalue weighted by Gasteiger charge is 2.44. The fourth-order valence-electron chi connectivity index (χ4n) is 1.89. The normalized spacial score (nSPS) is 21.0. The number of hydrogen-bond acceptors (Lipinski definition) is 3. The van der Waals surface area contributed by atoms with Gasteiger partial charge >= 0.3 is 0 Å². The molecule has 17 heavy (non-hydrogen) atoms. The molecule has 0 aromatic heterocycles. The lowest BCUT2D eigenvalue weighted by molar-refractivity contribution is 0.309. The summed E-state index contributed by atoms with van der Waals surface area (Å²) in [4.78, 5) is 0. The molecule has 0 aliphatic heterocycles. The van der Waals surface area contributed by atoms with Crippen LogP contribution in [-0.2, 0) is 0 Å². The van der Waals surface area contributed by atoms with Crippen molar-refractivity contribution in [3.05, 3.63) is 24.3 Å². The second-order valence-corrected chi connectivity index (χ2v) is 5.22. The number of rotatable bonds is 6. The van der Waals surface area contributed by atoms with Gasteiger partial charge in [0.1, 0.15) is 18.1 Å². The minimum atomic E-state index is 0.486. The molecule has 0 heterocycles. The van der Waals surface area contributed by atoms with E-state index in [-0.39, 0.29) is 0 Å². The first kappa shape index (κ1) is 12.2. The van der Waals surface area contributed by atoms with E-state index in [1.165, 1.54) is 6.42 Å². The largest absolute Gasteiger partial charge is 0.497 e. The molecule has 0 spiro atoms. The van der Waals surface area contributed by atoms with E-state index in [9.17, 15) is 0 Å². The molecule has 1 fully saturated rings. The summed E-state index contributed by atoms with van der Waals surface area (Å²) in [5, 5.41) is 3.49. The lowest BCUT2D eigenvalue weighted by Crippen LogP contribution is -2.25. The van der Waals surface area contributed by atoms with Crippen LogP contribution in [0.5, 0.6) is 11.5 Å². The molecule has 0 radical (unpaired) electrons. The Morgan fingerprint density at radius 2 is 1.82 bits per heavy atom. The third kappa shape index (κ3) is 3.37. The van der Waals surface area contributed by atoms with Crippen LogP contribution in [-0.4, -0.2) is 26.3 Å². The second kappa shape index (κ2) is 4.96. The molecule has 1 aliphatic carbocycles. The van der Waals surface area contributed by atoms with Crippen molar-refractivity contribution in [1.29, 1.82) is 0 Å². The third-order valence-corrected chi connectivity index (χ3v) is 3.33. The Labute approximate surface area is 103 Å². The molecular weight excluding hydrogens is 214 g/mol. The molecule has 3 heteroatoms. The molecule has 1 aromatic carbocycles. The Morgan fingerprint density at radius 1 is 1.24 bits per heavy atom. The van der Waals surface area contributed by atoms with Gasteiger partial charge in [0.2, 0.25) is 0 Å². The second-order valence-electron chi connectivity index (χ2n) is 5.22. The zero-order valence-corrected chi connectivity index (χ0v) is 10.8. The lowest BCUT2D eigenvalue weighted by atomic mass is 10.2. The van der Waals surface area contributed by atoms with E-state index in [1.54, 1.807) is 7.11 Å². The van der Waals surface area contributed by atoms with E-state index in [4.69, 9.17) is 9.47 Å². The Morgan fingerprint density at radius 3 is 2.35 bits per heavy atom. The first-order valence-electron chi connectivity index (χ1n) is 6.12. The van der Waals surface area contributed by atoms with Crippen molar-refractivity contribution in [1.82, 2.24) is 5.32 Å². The molecule has 2 rings (SSSR count). The van der Waals surface area contributed by atoms with Crippen LogP contribution in [0, 0.1) is 5.41 Å². The minimum absolute atomic E-state index is 0.486. The molecule has 1 aromatic rings. The lowest BCUT2D eigenvalue weighted by Gasteiger charge is -2.09. The van der Waals surface area contributed by atoms with Gasteiger partial charge in [0.15, 0.2) is 0 Å². The molecule has 0 saturated heterocycles. The summed E-state index contributed by atoms with van der Waals surface area (Å²) in [6, 6.07) is 8.35. The van der Waals surface area contributed by atoms with E-state index >= 15 is 0 Å². The van der Waals surface area contributed by atoms with E-state index in [0.29, 0.717) is 18.1 Å². The van der Waals surface area contributed by atoms with E-state index in [1.807, 2.05) is 24.3 Å². The van der Waals surface area contributed by atoms with Crippen molar-refractivity contribution in [2.75, 3.05) is 20.3 Å². The maximum atomic E-state index is 5.63. The average molecular weight is 235 g/mol. The highest BCUT2D eigenvalue weighted by molar-refractivity contribution is 5.31. The molecule has 94 valence electrons. The summed E-state index contributed by atoms with van der Waals surface area (Å²) in [6.07, 6.45) is 1.27. The van der Waals surface area contributed by atoms with Gasteiger partial charge in [-0.3, -0.25) is 0 Å². The Hall–Kier alpha value is -1.22. The summed E-state index contributed by atoms with van der Waals surface area (Å²) < 4.78 is 10.7. The van der Waals surface area contributed by atoms with Gasteiger partial charge in [-0.25, -0.2) is 0 Å². The predicted octanol–water partition coefficient (Wildman–Crippen LogP) is 2.46. The molecule has 0 bridgehead atoms. The van der Waals surface area contributed by atoms with Gasteiger partial charge in [0.05, 0.1) is 7.11 Å². The molecule has 1 N–H and O–H groups in total. The van der Waals surface area contributed by atoms with Gasteiger partial charge in [0, 0.05) is 12.6 Å². The van der Waals surface area contributed by atoms with Crippen molar-refractivity contribution in [2.45, 2.75) is 26.3 Å². The SMILES string of the molecule is COc1ccc(OCCNC2CC2(C)C)cc1. The van der Waals surface area contributed by atoms with Gasteiger partial charge in [0.25, 0.3) is 0 Å². The van der Waals surface area contributed by atoms with E-state index in [2.05, 4.69) is 19.2 Å². The molecule has 0 amide bonds. The van der Waals surface area contributed by atoms with Crippen LogP contribution in [0.3, 0.4) is 0 Å². The molecule has 1 saturated carbocycles. The van der Waals surface area contributed by atoms with Gasteiger partial charge in [-0.15, -0.1) is 0 Å². The predicted molar refractivity (Wildman–Crippen MR) is 68.7 cm³/mol. The fourth-order valence-corrected chi connectivity index (χ4v) is 1.89. The Balaban J connectivity index is 1.64. The molecule has 1 atom stereocenters. The molecule has 1 unspecified atom stereocenters. The summed E-state index contributed by atoms with van der Waals surface area (Å²) in [6.45, 7) is 6.18. The summed E-state index contributed by atoms with van der Waals surface area (Å²) in [5.41, 5.74) is 0.486. The topological polar surface area (TPSA) is 30.5 Å². The van der Waals surface area contributed by atoms with Gasteiger partial charge in [-0.2, -0.15) is 0 Å². The smallest absolute Gasteiger partial charge is 0.119 e. The highest BCUT2D eigenvalue weighted by Crippen LogP contribution is 2.44. The van der Waals surface area contributed by atoms with Gasteiger partial charge < -0.3 is 14.8 Å². The maximum Gasteiger partial charge on any atom is 0.119 e. The zero-order chi connectivity index (χ0) is 12.3. The van der Waals surface area contributed by atoms with E-state index in [0.717, 1.165) is 18.0 Å². The fraction of sp³-hybridized carbons (Fsp3) is 0.571. The molecular formula is C14H21NO2. The molecule has 3 nitrogen and oxygen atoms in total. The van der Waals surface area contributed by atoms with Crippen LogP contribution in [0.2, 0.25) is 0 Å². The van der Waals surface area contributed by atoms with Crippen LogP contribution < -0.4 is 14.8 Å². The van der Waals surface area contributed by atoms with Crippen molar-refractivity contribution in [2.24, 2.45) is 5.41 Å². The van der Waals surface area contributed by atoms with Crippen molar-refractivity contribution in [3.8, 4) is 11.5 Å². The van der Waals surface area contributed by atoms with Crippen LogP contribution in [0.25, 0.3) is 0 Å². The first-order chi connectivity index (χ1) is 8.12. The summed E-state index contributed by atoms with van der Waals surface area (Å²) in [7, 11) is 1.66. The van der Waals surface area contributed by atoms with Crippen molar-refractivity contribution < 1.29 is 9.47 Å². The Kier molecular flexibility index (Phi) is 3.57. The number of benzene rings is 1. The summed E-state index contributed by atoms with van der Waals surface area (Å²) >= 11 is 0.